The SMILES string of the molecule is CCOC(=O)CCCCCCCC1CC1CCCCCCCCCCCCCCCCCCCN(C)C. The lowest BCUT2D eigenvalue weighted by Gasteiger charge is -2.08. The summed E-state index contributed by atoms with van der Waals surface area (Å²) in [6.45, 7) is 3.65. The molecule has 0 heterocycles. The standard InChI is InChI=1S/C34H67NO2/c1-4-37-34(36)29-25-21-18-20-24-28-33-31-32(33)27-23-19-16-14-12-10-8-6-5-7-9-11-13-15-17-22-26-30-35(2)3/h32-33H,4-31H2,1-3H3. The number of nitrogens with zero attached hydrogens (tertiary/aromatic N) is 1. The number of unbranched alkanes of at least 4 members (excludes halogenated alkanes) is 20. The van der Waals surface area contributed by atoms with E-state index in [-0.39, 0.29) is 5.97 Å². The molecule has 1 rings (SSSR count). The van der Waals surface area contributed by atoms with E-state index >= 15 is 0 Å². The van der Waals surface area contributed by atoms with E-state index < -0.39 is 0 Å². The molecule has 0 aromatic carbocycles. The van der Waals surface area contributed by atoms with Crippen molar-refractivity contribution in [1.29, 1.82) is 0 Å². The Kier molecular flexibility index (Phi) is 23.9. The van der Waals surface area contributed by atoms with E-state index in [1.54, 1.807) is 0 Å². The highest BCUT2D eigenvalue weighted by Gasteiger charge is 2.34. The van der Waals surface area contributed by atoms with Crippen molar-refractivity contribution in [1.82, 2.24) is 4.90 Å². The van der Waals surface area contributed by atoms with Gasteiger partial charge in [-0.25, -0.2) is 0 Å². The van der Waals surface area contributed by atoms with Crippen LogP contribution in [0.1, 0.15) is 174 Å². The Morgan fingerprint density at radius 2 is 0.919 bits per heavy atom. The van der Waals surface area contributed by atoms with E-state index in [0.29, 0.717) is 13.0 Å². The van der Waals surface area contributed by atoms with Crippen LogP contribution in [0.2, 0.25) is 0 Å². The quantitative estimate of drug-likeness (QED) is 0.0724. The normalized spacial score (nSPS) is 17.0. The maximum Gasteiger partial charge on any atom is 0.305 e. The van der Waals surface area contributed by atoms with Crippen molar-refractivity contribution >= 4 is 5.97 Å². The van der Waals surface area contributed by atoms with Gasteiger partial charge in [0.15, 0.2) is 0 Å². The molecule has 220 valence electrons. The van der Waals surface area contributed by atoms with Crippen LogP contribution in [0.3, 0.4) is 0 Å². The Hall–Kier alpha value is -0.570. The average Bonchev–Trinajstić information content (AvgIpc) is 3.62. The smallest absolute Gasteiger partial charge is 0.305 e. The molecule has 0 spiro atoms. The lowest BCUT2D eigenvalue weighted by molar-refractivity contribution is -0.143. The fraction of sp³-hybridized carbons (Fsp3) is 0.971. The molecule has 3 nitrogen and oxygen atoms in total. The van der Waals surface area contributed by atoms with Crippen LogP contribution >= 0.6 is 0 Å². The van der Waals surface area contributed by atoms with Crippen LogP contribution in [0.25, 0.3) is 0 Å². The second kappa shape index (κ2) is 25.7. The average molecular weight is 522 g/mol. The molecule has 1 aliphatic carbocycles. The summed E-state index contributed by atoms with van der Waals surface area (Å²) < 4.78 is 4.98. The molecule has 0 N–H and O–H groups in total. The van der Waals surface area contributed by atoms with E-state index in [1.165, 1.54) is 161 Å². The minimum absolute atomic E-state index is 0.0211. The summed E-state index contributed by atoms with van der Waals surface area (Å²) in [7, 11) is 4.35. The predicted octanol–water partition coefficient (Wildman–Crippen LogP) is 10.5. The topological polar surface area (TPSA) is 29.5 Å². The van der Waals surface area contributed by atoms with Crippen molar-refractivity contribution in [2.75, 3.05) is 27.2 Å². The van der Waals surface area contributed by atoms with Crippen molar-refractivity contribution < 1.29 is 9.53 Å². The summed E-state index contributed by atoms with van der Waals surface area (Å²) in [5, 5.41) is 0. The largest absolute Gasteiger partial charge is 0.466 e. The second-order valence-electron chi connectivity index (χ2n) is 12.5. The molecule has 0 radical (unpaired) electrons. The molecule has 0 aliphatic heterocycles. The minimum atomic E-state index is -0.0211. The van der Waals surface area contributed by atoms with Crippen LogP contribution in [-0.2, 0) is 9.53 Å². The summed E-state index contributed by atoms with van der Waals surface area (Å²) >= 11 is 0. The molecule has 0 saturated heterocycles. The first-order chi connectivity index (χ1) is 18.1. The number of hydrogen-bond donors (Lipinski definition) is 0. The van der Waals surface area contributed by atoms with E-state index in [4.69, 9.17) is 4.74 Å². The molecule has 1 aliphatic rings. The van der Waals surface area contributed by atoms with Crippen molar-refractivity contribution in [2.45, 2.75) is 174 Å². The van der Waals surface area contributed by atoms with E-state index in [0.717, 1.165) is 18.3 Å². The van der Waals surface area contributed by atoms with Gasteiger partial charge >= 0.3 is 5.97 Å². The van der Waals surface area contributed by atoms with Gasteiger partial charge in [-0.1, -0.05) is 141 Å². The lowest BCUT2D eigenvalue weighted by Crippen LogP contribution is -2.12. The van der Waals surface area contributed by atoms with Crippen molar-refractivity contribution in [3.63, 3.8) is 0 Å². The van der Waals surface area contributed by atoms with Gasteiger partial charge in [0.25, 0.3) is 0 Å². The summed E-state index contributed by atoms with van der Waals surface area (Å²) in [5.41, 5.74) is 0. The van der Waals surface area contributed by atoms with Gasteiger partial charge in [-0.3, -0.25) is 4.79 Å². The molecule has 1 saturated carbocycles. The molecule has 3 heteroatoms. The first-order valence-corrected chi connectivity index (χ1v) is 16.9. The Morgan fingerprint density at radius 1 is 0.568 bits per heavy atom. The second-order valence-corrected chi connectivity index (χ2v) is 12.5. The molecule has 2 unspecified atom stereocenters. The highest BCUT2D eigenvalue weighted by Crippen LogP contribution is 2.45. The van der Waals surface area contributed by atoms with Gasteiger partial charge in [0.2, 0.25) is 0 Å². The fourth-order valence-electron chi connectivity index (χ4n) is 5.94. The lowest BCUT2D eigenvalue weighted by atomic mass is 10.0. The van der Waals surface area contributed by atoms with Gasteiger partial charge in [0.05, 0.1) is 6.61 Å². The molecule has 37 heavy (non-hydrogen) atoms. The molecular weight excluding hydrogens is 454 g/mol. The predicted molar refractivity (Wildman–Crippen MR) is 162 cm³/mol. The van der Waals surface area contributed by atoms with Gasteiger partial charge in [0, 0.05) is 6.42 Å². The zero-order valence-corrected chi connectivity index (χ0v) is 25.7. The molecule has 1 fully saturated rings. The summed E-state index contributed by atoms with van der Waals surface area (Å²) in [6, 6.07) is 0. The molecule has 0 aromatic heterocycles. The van der Waals surface area contributed by atoms with Crippen molar-refractivity contribution in [2.24, 2.45) is 11.8 Å². The zero-order chi connectivity index (χ0) is 26.8. The number of esters is 1. The Morgan fingerprint density at radius 3 is 1.30 bits per heavy atom. The highest BCUT2D eigenvalue weighted by molar-refractivity contribution is 5.69. The van der Waals surface area contributed by atoms with E-state index in [1.807, 2.05) is 6.92 Å². The first-order valence-electron chi connectivity index (χ1n) is 16.9. The van der Waals surface area contributed by atoms with Crippen LogP contribution in [0.4, 0.5) is 0 Å². The Balaban J connectivity index is 1.68. The van der Waals surface area contributed by atoms with E-state index in [9.17, 15) is 4.79 Å². The van der Waals surface area contributed by atoms with Crippen molar-refractivity contribution in [3.05, 3.63) is 0 Å². The molecule has 0 aromatic rings. The van der Waals surface area contributed by atoms with Crippen LogP contribution in [0, 0.1) is 11.8 Å². The van der Waals surface area contributed by atoms with Crippen LogP contribution in [-0.4, -0.2) is 38.1 Å². The maximum atomic E-state index is 11.3. The molecular formula is C34H67NO2. The number of carbonyl (C=O) groups is 1. The third kappa shape index (κ3) is 24.2. The van der Waals surface area contributed by atoms with Gasteiger partial charge in [-0.05, 0) is 58.7 Å². The van der Waals surface area contributed by atoms with Crippen LogP contribution in [0.5, 0.6) is 0 Å². The van der Waals surface area contributed by atoms with Crippen LogP contribution in [0.15, 0.2) is 0 Å². The number of ether oxygens (including phenoxy) is 1. The summed E-state index contributed by atoms with van der Waals surface area (Å²) in [5.74, 6) is 2.10. The summed E-state index contributed by atoms with van der Waals surface area (Å²) in [6.07, 6.45) is 36.1. The van der Waals surface area contributed by atoms with E-state index in [2.05, 4.69) is 19.0 Å². The van der Waals surface area contributed by atoms with Gasteiger partial charge in [0.1, 0.15) is 0 Å². The summed E-state index contributed by atoms with van der Waals surface area (Å²) in [4.78, 5) is 13.6. The van der Waals surface area contributed by atoms with Gasteiger partial charge in [-0.15, -0.1) is 0 Å². The van der Waals surface area contributed by atoms with Gasteiger partial charge in [-0.2, -0.15) is 0 Å². The molecule has 2 atom stereocenters. The maximum absolute atomic E-state index is 11.3. The molecule has 0 bridgehead atoms. The minimum Gasteiger partial charge on any atom is -0.466 e. The zero-order valence-electron chi connectivity index (χ0n) is 25.7. The highest BCUT2D eigenvalue weighted by atomic mass is 16.5. The van der Waals surface area contributed by atoms with Crippen molar-refractivity contribution in [3.8, 4) is 0 Å². The number of carbonyl (C=O) groups excluding carboxylic acids is 1. The van der Waals surface area contributed by atoms with Crippen LogP contribution < -0.4 is 0 Å². The third-order valence-corrected chi connectivity index (χ3v) is 8.51. The number of rotatable bonds is 29. The monoisotopic (exact) mass is 522 g/mol. The number of hydrogen-bond acceptors (Lipinski definition) is 3. The first kappa shape index (κ1) is 34.5. The Labute approximate surface area is 233 Å². The fourth-order valence-corrected chi connectivity index (χ4v) is 5.94. The van der Waals surface area contributed by atoms with Gasteiger partial charge < -0.3 is 9.64 Å². The third-order valence-electron chi connectivity index (χ3n) is 8.51. The molecule has 0 amide bonds. The Bertz CT molecular complexity index is 492.